The Kier molecular flexibility index (Phi) is 5.21. The largest absolute Gasteiger partial charge is 0.334 e. The summed E-state index contributed by atoms with van der Waals surface area (Å²) in [6, 6.07) is 14.3. The number of nitrogens with one attached hydrogen (secondary N) is 2. The standard InChI is InChI=1S/C22H23FN4O/c1-15-10-20-17(12-24-15)5-3-7-21(20)26-22(28)25-19-8-9-27(14-19)13-16-4-2-6-18(23)11-16/h2-7,10-12,19H,8-9,13-14H2,1H3,(H2,25,26,28)/t19-/m1/s1. The molecule has 2 amide bonds. The van der Waals surface area contributed by atoms with Crippen molar-refractivity contribution in [1.82, 2.24) is 15.2 Å². The molecule has 0 unspecified atom stereocenters. The fraction of sp³-hybridized carbons (Fsp3) is 0.273. The van der Waals surface area contributed by atoms with Crippen LogP contribution in [0.4, 0.5) is 14.9 Å². The van der Waals surface area contributed by atoms with Gasteiger partial charge in [-0.1, -0.05) is 24.3 Å². The van der Waals surface area contributed by atoms with E-state index in [0.717, 1.165) is 47.2 Å². The second kappa shape index (κ2) is 7.94. The van der Waals surface area contributed by atoms with Crippen LogP contribution in [0.5, 0.6) is 0 Å². The van der Waals surface area contributed by atoms with Gasteiger partial charge in [-0.25, -0.2) is 9.18 Å². The minimum absolute atomic E-state index is 0.0759. The Morgan fingerprint density at radius 2 is 2.11 bits per heavy atom. The van der Waals surface area contributed by atoms with Gasteiger partial charge < -0.3 is 10.6 Å². The number of urea groups is 1. The van der Waals surface area contributed by atoms with Crippen LogP contribution in [0.25, 0.3) is 10.8 Å². The first-order valence-corrected chi connectivity index (χ1v) is 9.46. The van der Waals surface area contributed by atoms with E-state index >= 15 is 0 Å². The highest BCUT2D eigenvalue weighted by atomic mass is 19.1. The van der Waals surface area contributed by atoms with E-state index in [1.807, 2.05) is 43.5 Å². The lowest BCUT2D eigenvalue weighted by molar-refractivity contribution is 0.247. The van der Waals surface area contributed by atoms with Crippen molar-refractivity contribution in [3.05, 3.63) is 71.8 Å². The number of nitrogens with zero attached hydrogens (tertiary/aromatic N) is 2. The first kappa shape index (κ1) is 18.4. The summed E-state index contributed by atoms with van der Waals surface area (Å²) in [7, 11) is 0. The summed E-state index contributed by atoms with van der Waals surface area (Å²) in [5.41, 5.74) is 2.63. The molecular weight excluding hydrogens is 355 g/mol. The van der Waals surface area contributed by atoms with Crippen LogP contribution >= 0.6 is 0 Å². The molecule has 2 heterocycles. The molecule has 28 heavy (non-hydrogen) atoms. The maximum Gasteiger partial charge on any atom is 0.319 e. The van der Waals surface area contributed by atoms with Gasteiger partial charge in [0.2, 0.25) is 0 Å². The molecule has 4 rings (SSSR count). The van der Waals surface area contributed by atoms with Crippen LogP contribution in [-0.2, 0) is 6.54 Å². The molecule has 5 nitrogen and oxygen atoms in total. The predicted octanol–water partition coefficient (Wildman–Crippen LogP) is 4.08. The molecule has 144 valence electrons. The van der Waals surface area contributed by atoms with E-state index in [4.69, 9.17) is 0 Å². The Hall–Kier alpha value is -2.99. The van der Waals surface area contributed by atoms with Crippen molar-refractivity contribution in [2.45, 2.75) is 25.9 Å². The molecule has 1 aliphatic heterocycles. The lowest BCUT2D eigenvalue weighted by Crippen LogP contribution is -2.39. The Balaban J connectivity index is 1.35. The number of pyridine rings is 1. The van der Waals surface area contributed by atoms with E-state index in [-0.39, 0.29) is 17.9 Å². The molecule has 1 saturated heterocycles. The number of hydrogen-bond donors (Lipinski definition) is 2. The van der Waals surface area contributed by atoms with Crippen molar-refractivity contribution in [2.24, 2.45) is 0 Å². The van der Waals surface area contributed by atoms with Gasteiger partial charge in [-0.3, -0.25) is 9.88 Å². The fourth-order valence-corrected chi connectivity index (χ4v) is 3.71. The van der Waals surface area contributed by atoms with E-state index in [0.29, 0.717) is 6.54 Å². The number of anilines is 1. The zero-order valence-electron chi connectivity index (χ0n) is 15.8. The van der Waals surface area contributed by atoms with Crippen molar-refractivity contribution < 1.29 is 9.18 Å². The van der Waals surface area contributed by atoms with Gasteiger partial charge in [0.15, 0.2) is 0 Å². The second-order valence-electron chi connectivity index (χ2n) is 7.30. The minimum Gasteiger partial charge on any atom is -0.334 e. The minimum atomic E-state index is -0.216. The lowest BCUT2D eigenvalue weighted by atomic mass is 10.1. The summed E-state index contributed by atoms with van der Waals surface area (Å²) in [6.07, 6.45) is 2.69. The average molecular weight is 378 g/mol. The third-order valence-corrected chi connectivity index (χ3v) is 5.05. The summed E-state index contributed by atoms with van der Waals surface area (Å²) in [6.45, 7) is 4.25. The molecule has 0 radical (unpaired) electrons. The van der Waals surface area contributed by atoms with Crippen molar-refractivity contribution in [2.75, 3.05) is 18.4 Å². The molecule has 2 aromatic carbocycles. The molecule has 0 saturated carbocycles. The number of carbonyl (C=O) groups excluding carboxylic acids is 1. The van der Waals surface area contributed by atoms with E-state index in [9.17, 15) is 9.18 Å². The van der Waals surface area contributed by atoms with Crippen molar-refractivity contribution in [1.29, 1.82) is 0 Å². The van der Waals surface area contributed by atoms with Crippen LogP contribution in [0, 0.1) is 12.7 Å². The smallest absolute Gasteiger partial charge is 0.319 e. The maximum atomic E-state index is 13.3. The number of aryl methyl sites for hydroxylation is 1. The number of halogens is 1. The zero-order chi connectivity index (χ0) is 19.5. The summed E-state index contributed by atoms with van der Waals surface area (Å²) in [5.74, 6) is -0.216. The second-order valence-corrected chi connectivity index (χ2v) is 7.30. The Morgan fingerprint density at radius 1 is 1.25 bits per heavy atom. The summed E-state index contributed by atoms with van der Waals surface area (Å²) >= 11 is 0. The number of likely N-dealkylation sites (tertiary alicyclic amines) is 1. The molecule has 1 aliphatic rings. The number of fused-ring (bicyclic) bond motifs is 1. The highest BCUT2D eigenvalue weighted by Gasteiger charge is 2.24. The van der Waals surface area contributed by atoms with Crippen LogP contribution in [-0.4, -0.2) is 35.0 Å². The van der Waals surface area contributed by atoms with Crippen LogP contribution in [0.1, 0.15) is 17.7 Å². The van der Waals surface area contributed by atoms with Gasteiger partial charge in [-0.2, -0.15) is 0 Å². The molecule has 2 N–H and O–H groups in total. The molecule has 1 aromatic heterocycles. The Morgan fingerprint density at radius 3 is 2.96 bits per heavy atom. The van der Waals surface area contributed by atoms with Gasteiger partial charge in [0.25, 0.3) is 0 Å². The van der Waals surface area contributed by atoms with Crippen molar-refractivity contribution >= 4 is 22.5 Å². The third kappa shape index (κ3) is 4.28. The van der Waals surface area contributed by atoms with Crippen molar-refractivity contribution in [3.8, 4) is 0 Å². The summed E-state index contributed by atoms with van der Waals surface area (Å²) < 4.78 is 13.3. The predicted molar refractivity (Wildman–Crippen MR) is 109 cm³/mol. The van der Waals surface area contributed by atoms with E-state index in [1.165, 1.54) is 6.07 Å². The monoisotopic (exact) mass is 378 g/mol. The van der Waals surface area contributed by atoms with Crippen molar-refractivity contribution in [3.63, 3.8) is 0 Å². The number of carbonyl (C=O) groups is 1. The lowest BCUT2D eigenvalue weighted by Gasteiger charge is -2.17. The summed E-state index contributed by atoms with van der Waals surface area (Å²) in [4.78, 5) is 19.0. The number of hydrogen-bond acceptors (Lipinski definition) is 3. The molecule has 1 fully saturated rings. The number of amides is 2. The van der Waals surface area contributed by atoms with Crippen LogP contribution in [0.3, 0.4) is 0 Å². The molecule has 0 spiro atoms. The zero-order valence-corrected chi connectivity index (χ0v) is 15.8. The van der Waals surface area contributed by atoms with Gasteiger partial charge in [-0.05, 0) is 43.2 Å². The molecular formula is C22H23FN4O. The van der Waals surface area contributed by atoms with Gasteiger partial charge in [0, 0.05) is 48.3 Å². The van der Waals surface area contributed by atoms with Gasteiger partial charge in [-0.15, -0.1) is 0 Å². The highest BCUT2D eigenvalue weighted by molar-refractivity contribution is 6.01. The van der Waals surface area contributed by atoms with Gasteiger partial charge >= 0.3 is 6.03 Å². The quantitative estimate of drug-likeness (QED) is 0.719. The first-order chi connectivity index (χ1) is 13.6. The van der Waals surface area contributed by atoms with Gasteiger partial charge in [0.05, 0.1) is 5.69 Å². The average Bonchev–Trinajstić information content (AvgIpc) is 3.09. The highest BCUT2D eigenvalue weighted by Crippen LogP contribution is 2.23. The number of rotatable bonds is 4. The topological polar surface area (TPSA) is 57.3 Å². The molecule has 0 aliphatic carbocycles. The first-order valence-electron chi connectivity index (χ1n) is 9.46. The Bertz CT molecular complexity index is 1010. The Labute approximate surface area is 163 Å². The molecule has 6 heteroatoms. The van der Waals surface area contributed by atoms with Crippen LogP contribution in [0.15, 0.2) is 54.7 Å². The third-order valence-electron chi connectivity index (χ3n) is 5.05. The fourth-order valence-electron chi connectivity index (χ4n) is 3.71. The number of benzene rings is 2. The summed E-state index contributed by atoms with van der Waals surface area (Å²) in [5, 5.41) is 7.98. The number of aromatic nitrogens is 1. The van der Waals surface area contributed by atoms with E-state index in [1.54, 1.807) is 12.1 Å². The SMILES string of the molecule is Cc1cc2c(NC(=O)N[C@@H]3CCN(Cc4cccc(F)c4)C3)cccc2cn1. The van der Waals surface area contributed by atoms with Crippen LogP contribution < -0.4 is 10.6 Å². The van der Waals surface area contributed by atoms with Crippen LogP contribution in [0.2, 0.25) is 0 Å². The molecule has 3 aromatic rings. The van der Waals surface area contributed by atoms with Gasteiger partial charge in [0.1, 0.15) is 5.82 Å². The maximum absolute atomic E-state index is 13.3. The van der Waals surface area contributed by atoms with E-state index < -0.39 is 0 Å². The van der Waals surface area contributed by atoms with E-state index in [2.05, 4.69) is 20.5 Å². The normalized spacial score (nSPS) is 17.0. The molecule has 1 atom stereocenters. The molecule has 0 bridgehead atoms.